The molecule has 0 aliphatic carbocycles. The standard InChI is InChI=1S/C14H11F3N2O/c1-9-6-7-10(20-9)8-19-12-5-3-2-4-11(12)18-13(19)14(15,16)17/h2-7H,8H2,1H3. The minimum absolute atomic E-state index is 0.00317. The molecule has 0 aliphatic heterocycles. The van der Waals surface area contributed by atoms with Gasteiger partial charge in [-0.3, -0.25) is 0 Å². The monoisotopic (exact) mass is 280 g/mol. The predicted octanol–water partition coefficient (Wildman–Crippen LogP) is 4.00. The summed E-state index contributed by atoms with van der Waals surface area (Å²) in [7, 11) is 0. The van der Waals surface area contributed by atoms with Crippen molar-refractivity contribution in [2.24, 2.45) is 0 Å². The van der Waals surface area contributed by atoms with E-state index < -0.39 is 12.0 Å². The molecule has 0 unspecified atom stereocenters. The summed E-state index contributed by atoms with van der Waals surface area (Å²) in [4.78, 5) is 3.68. The van der Waals surface area contributed by atoms with Crippen LogP contribution in [0.1, 0.15) is 17.3 Å². The van der Waals surface area contributed by atoms with E-state index in [1.807, 2.05) is 0 Å². The molecule has 0 atom stereocenters. The summed E-state index contributed by atoms with van der Waals surface area (Å²) in [5.41, 5.74) is 0.761. The van der Waals surface area contributed by atoms with Gasteiger partial charge in [0.05, 0.1) is 17.6 Å². The number of hydrogen-bond donors (Lipinski definition) is 0. The summed E-state index contributed by atoms with van der Waals surface area (Å²) in [5.74, 6) is 0.224. The van der Waals surface area contributed by atoms with Crippen LogP contribution < -0.4 is 0 Å². The molecule has 0 aliphatic rings. The maximum atomic E-state index is 13.1. The van der Waals surface area contributed by atoms with Crippen molar-refractivity contribution in [3.63, 3.8) is 0 Å². The zero-order valence-electron chi connectivity index (χ0n) is 10.6. The van der Waals surface area contributed by atoms with Crippen molar-refractivity contribution in [2.45, 2.75) is 19.6 Å². The Balaban J connectivity index is 2.16. The molecule has 3 rings (SSSR count). The quantitative estimate of drug-likeness (QED) is 0.710. The molecule has 0 spiro atoms. The molecule has 3 aromatic rings. The molecule has 0 saturated carbocycles. The van der Waals surface area contributed by atoms with Gasteiger partial charge in [-0.1, -0.05) is 12.1 Å². The Morgan fingerprint density at radius 3 is 2.55 bits per heavy atom. The van der Waals surface area contributed by atoms with Crippen LogP contribution >= 0.6 is 0 Å². The van der Waals surface area contributed by atoms with Crippen molar-refractivity contribution in [1.29, 1.82) is 0 Å². The van der Waals surface area contributed by atoms with Crippen LogP contribution in [0.4, 0.5) is 13.2 Å². The maximum Gasteiger partial charge on any atom is 0.449 e. The van der Waals surface area contributed by atoms with Gasteiger partial charge in [0.15, 0.2) is 0 Å². The lowest BCUT2D eigenvalue weighted by Gasteiger charge is -2.09. The fourth-order valence-corrected chi connectivity index (χ4v) is 2.18. The van der Waals surface area contributed by atoms with E-state index >= 15 is 0 Å². The molecule has 3 nitrogen and oxygen atoms in total. The van der Waals surface area contributed by atoms with Gasteiger partial charge in [-0.05, 0) is 31.2 Å². The van der Waals surface area contributed by atoms with Crippen molar-refractivity contribution in [3.8, 4) is 0 Å². The zero-order chi connectivity index (χ0) is 14.3. The SMILES string of the molecule is Cc1ccc(Cn2c(C(F)(F)F)nc3ccccc32)o1. The number of aromatic nitrogens is 2. The van der Waals surface area contributed by atoms with E-state index in [2.05, 4.69) is 4.98 Å². The Hall–Kier alpha value is -2.24. The lowest BCUT2D eigenvalue weighted by Crippen LogP contribution is -2.15. The number of nitrogens with zero attached hydrogens (tertiary/aromatic N) is 2. The molecule has 1 aromatic carbocycles. The number of halogens is 3. The molecule has 2 aromatic heterocycles. The van der Waals surface area contributed by atoms with E-state index in [1.165, 1.54) is 0 Å². The summed E-state index contributed by atoms with van der Waals surface area (Å²) < 4.78 is 45.7. The highest BCUT2D eigenvalue weighted by Gasteiger charge is 2.37. The molecule has 0 saturated heterocycles. The second-order valence-corrected chi connectivity index (χ2v) is 4.52. The highest BCUT2D eigenvalue weighted by atomic mass is 19.4. The average Bonchev–Trinajstić information content (AvgIpc) is 2.94. The highest BCUT2D eigenvalue weighted by Crippen LogP contribution is 2.32. The average molecular weight is 280 g/mol. The fourth-order valence-electron chi connectivity index (χ4n) is 2.18. The number of fused-ring (bicyclic) bond motifs is 1. The normalized spacial score (nSPS) is 12.2. The molecular weight excluding hydrogens is 269 g/mol. The van der Waals surface area contributed by atoms with E-state index in [-0.39, 0.29) is 6.54 Å². The van der Waals surface area contributed by atoms with Crippen LogP contribution in [0.15, 0.2) is 40.8 Å². The van der Waals surface area contributed by atoms with Gasteiger partial charge < -0.3 is 8.98 Å². The lowest BCUT2D eigenvalue weighted by atomic mass is 10.3. The molecule has 0 amide bonds. The van der Waals surface area contributed by atoms with Crippen molar-refractivity contribution < 1.29 is 17.6 Å². The molecule has 104 valence electrons. The molecule has 20 heavy (non-hydrogen) atoms. The van der Waals surface area contributed by atoms with Crippen LogP contribution in [0, 0.1) is 6.92 Å². The fraction of sp³-hybridized carbons (Fsp3) is 0.214. The van der Waals surface area contributed by atoms with Gasteiger partial charge in [0.1, 0.15) is 11.5 Å². The van der Waals surface area contributed by atoms with E-state index in [0.29, 0.717) is 22.6 Å². The van der Waals surface area contributed by atoms with Crippen molar-refractivity contribution in [3.05, 3.63) is 53.7 Å². The third-order valence-electron chi connectivity index (χ3n) is 3.02. The third kappa shape index (κ3) is 2.17. The van der Waals surface area contributed by atoms with Gasteiger partial charge in [-0.15, -0.1) is 0 Å². The second-order valence-electron chi connectivity index (χ2n) is 4.52. The first-order valence-corrected chi connectivity index (χ1v) is 6.03. The van der Waals surface area contributed by atoms with Crippen molar-refractivity contribution in [2.75, 3.05) is 0 Å². The van der Waals surface area contributed by atoms with Crippen LogP contribution in [-0.4, -0.2) is 9.55 Å². The summed E-state index contributed by atoms with van der Waals surface area (Å²) in [6, 6.07) is 9.93. The molecular formula is C14H11F3N2O. The second kappa shape index (κ2) is 4.40. The summed E-state index contributed by atoms with van der Waals surface area (Å²) in [6.07, 6.45) is -4.50. The topological polar surface area (TPSA) is 31.0 Å². The molecule has 2 heterocycles. The van der Waals surface area contributed by atoms with Gasteiger partial charge in [0.25, 0.3) is 0 Å². The van der Waals surface area contributed by atoms with Gasteiger partial charge in [0.2, 0.25) is 5.82 Å². The van der Waals surface area contributed by atoms with Gasteiger partial charge in [-0.2, -0.15) is 13.2 Å². The van der Waals surface area contributed by atoms with Gasteiger partial charge in [-0.25, -0.2) is 4.98 Å². The number of aryl methyl sites for hydroxylation is 1. The highest BCUT2D eigenvalue weighted by molar-refractivity contribution is 5.76. The van der Waals surface area contributed by atoms with Crippen molar-refractivity contribution >= 4 is 11.0 Å². The Morgan fingerprint density at radius 1 is 1.15 bits per heavy atom. The first kappa shape index (κ1) is 12.8. The Morgan fingerprint density at radius 2 is 1.90 bits per heavy atom. The summed E-state index contributed by atoms with van der Waals surface area (Å²) in [5, 5.41) is 0. The maximum absolute atomic E-state index is 13.1. The van der Waals surface area contributed by atoms with Crippen LogP contribution in [-0.2, 0) is 12.7 Å². The summed E-state index contributed by atoms with van der Waals surface area (Å²) in [6.45, 7) is 1.75. The van der Waals surface area contributed by atoms with Crippen molar-refractivity contribution in [1.82, 2.24) is 9.55 Å². The van der Waals surface area contributed by atoms with Crippen LogP contribution in [0.3, 0.4) is 0 Å². The molecule has 0 N–H and O–H groups in total. The van der Waals surface area contributed by atoms with Gasteiger partial charge in [0, 0.05) is 0 Å². The Bertz CT molecular complexity index is 755. The number of hydrogen-bond acceptors (Lipinski definition) is 2. The van der Waals surface area contributed by atoms with E-state index in [9.17, 15) is 13.2 Å². The Kier molecular flexibility index (Phi) is 2.81. The van der Waals surface area contributed by atoms with Crippen LogP contribution in [0.2, 0.25) is 0 Å². The molecule has 6 heteroatoms. The smallest absolute Gasteiger partial charge is 0.449 e. The molecule has 0 fully saturated rings. The van der Waals surface area contributed by atoms with E-state index in [0.717, 1.165) is 4.57 Å². The zero-order valence-corrected chi connectivity index (χ0v) is 10.6. The number of furan rings is 1. The largest absolute Gasteiger partial charge is 0.464 e. The van der Waals surface area contributed by atoms with Crippen LogP contribution in [0.25, 0.3) is 11.0 Å². The first-order valence-electron chi connectivity index (χ1n) is 6.03. The first-order chi connectivity index (χ1) is 9.45. The predicted molar refractivity (Wildman–Crippen MR) is 67.3 cm³/mol. The number of benzene rings is 1. The number of imidazole rings is 1. The van der Waals surface area contributed by atoms with E-state index in [1.54, 1.807) is 43.3 Å². The lowest BCUT2D eigenvalue weighted by molar-refractivity contribution is -0.146. The third-order valence-corrected chi connectivity index (χ3v) is 3.02. The number of para-hydroxylation sites is 2. The molecule has 0 bridgehead atoms. The summed E-state index contributed by atoms with van der Waals surface area (Å²) >= 11 is 0. The number of alkyl halides is 3. The van der Waals surface area contributed by atoms with E-state index in [4.69, 9.17) is 4.42 Å². The Labute approximate surface area is 112 Å². The minimum atomic E-state index is -4.50. The minimum Gasteiger partial charge on any atom is -0.464 e. The van der Waals surface area contributed by atoms with Crippen LogP contribution in [0.5, 0.6) is 0 Å². The molecule has 0 radical (unpaired) electrons. The number of rotatable bonds is 2. The van der Waals surface area contributed by atoms with Gasteiger partial charge >= 0.3 is 6.18 Å².